The summed E-state index contributed by atoms with van der Waals surface area (Å²) in [5, 5.41) is 8.92. The highest BCUT2D eigenvalue weighted by atomic mass is 35.5. The van der Waals surface area contributed by atoms with E-state index in [9.17, 15) is 0 Å². The van der Waals surface area contributed by atoms with E-state index in [1.54, 1.807) is 0 Å². The molecule has 0 spiro atoms. The number of nitrogens with zero attached hydrogens (tertiary/aromatic N) is 3. The molecule has 3 nitrogen and oxygen atoms in total. The van der Waals surface area contributed by atoms with Crippen LogP contribution in [-0.4, -0.2) is 4.98 Å². The Kier molecular flexibility index (Phi) is 2.81. The van der Waals surface area contributed by atoms with Gasteiger partial charge in [0.2, 0.25) is 0 Å². The molecule has 0 fully saturated rings. The zero-order valence-electron chi connectivity index (χ0n) is 6.86. The number of hydrogen-bond acceptors (Lipinski definition) is 3. The van der Waals surface area contributed by atoms with Crippen molar-refractivity contribution in [1.82, 2.24) is 4.98 Å². The second-order valence-electron chi connectivity index (χ2n) is 2.52. The van der Waals surface area contributed by atoms with Gasteiger partial charge in [0, 0.05) is 10.5 Å². The van der Waals surface area contributed by atoms with Crippen LogP contribution in [0.2, 0.25) is 0 Å². The fraction of sp³-hybridized carbons (Fsp3) is 0.125. The van der Waals surface area contributed by atoms with Gasteiger partial charge in [0.1, 0.15) is 0 Å². The van der Waals surface area contributed by atoms with Gasteiger partial charge >= 0.3 is 5.13 Å². The SMILES string of the molecule is Cc1cccc2sc([N+]#N)nc12.[Cl-]. The molecule has 13 heavy (non-hydrogen) atoms. The highest BCUT2D eigenvalue weighted by Crippen LogP contribution is 2.29. The van der Waals surface area contributed by atoms with Crippen molar-refractivity contribution in [2.75, 3.05) is 0 Å². The summed E-state index contributed by atoms with van der Waals surface area (Å²) in [6.45, 7) is 1.99. The Bertz CT molecular complexity index is 472. The molecule has 0 amide bonds. The largest absolute Gasteiger partial charge is 1.00 e. The topological polar surface area (TPSA) is 41.0 Å². The van der Waals surface area contributed by atoms with Gasteiger partial charge < -0.3 is 12.4 Å². The third-order valence-corrected chi connectivity index (χ3v) is 2.60. The molecule has 2 aromatic rings. The smallest absolute Gasteiger partial charge is 0.524 e. The Morgan fingerprint density at radius 1 is 1.46 bits per heavy atom. The summed E-state index contributed by atoms with van der Waals surface area (Å²) in [4.78, 5) is 7.19. The second-order valence-corrected chi connectivity index (χ2v) is 3.53. The van der Waals surface area contributed by atoms with E-state index in [1.165, 1.54) is 11.3 Å². The Morgan fingerprint density at radius 3 is 2.85 bits per heavy atom. The first-order valence-electron chi connectivity index (χ1n) is 3.52. The molecule has 0 unspecified atom stereocenters. The van der Waals surface area contributed by atoms with Crippen molar-refractivity contribution in [1.29, 1.82) is 5.39 Å². The van der Waals surface area contributed by atoms with E-state index in [-0.39, 0.29) is 12.4 Å². The number of benzene rings is 1. The Balaban J connectivity index is 0.000000845. The normalized spacial score (nSPS) is 9.23. The summed E-state index contributed by atoms with van der Waals surface area (Å²) in [5.74, 6) is 0. The standard InChI is InChI=1S/C8H6N3S.ClH/c1-5-3-2-4-6-7(5)10-8(11-9)12-6;/h2-4H,1H3;1H/q+1;/p-1. The molecule has 0 radical (unpaired) electrons. The predicted octanol–water partition coefficient (Wildman–Crippen LogP) is 0.0933. The number of aryl methyl sites for hydroxylation is 1. The van der Waals surface area contributed by atoms with Crippen molar-refractivity contribution < 1.29 is 12.4 Å². The van der Waals surface area contributed by atoms with Gasteiger partial charge in [-0.1, -0.05) is 12.1 Å². The molecule has 0 N–H and O–H groups in total. The first-order chi connectivity index (χ1) is 5.81. The van der Waals surface area contributed by atoms with Crippen LogP contribution < -0.4 is 12.4 Å². The minimum atomic E-state index is 0. The van der Waals surface area contributed by atoms with Gasteiger partial charge in [-0.2, -0.15) is 0 Å². The minimum absolute atomic E-state index is 0. The molecule has 1 heterocycles. The van der Waals surface area contributed by atoms with Crippen molar-refractivity contribution in [3.63, 3.8) is 0 Å². The summed E-state index contributed by atoms with van der Waals surface area (Å²) >= 11 is 1.38. The number of fused-ring (bicyclic) bond motifs is 1. The van der Waals surface area contributed by atoms with E-state index in [0.717, 1.165) is 15.8 Å². The van der Waals surface area contributed by atoms with Gasteiger partial charge in [-0.05, 0) is 29.3 Å². The molecule has 66 valence electrons. The van der Waals surface area contributed by atoms with Crippen LogP contribution in [0.15, 0.2) is 18.2 Å². The van der Waals surface area contributed by atoms with E-state index < -0.39 is 0 Å². The van der Waals surface area contributed by atoms with E-state index in [1.807, 2.05) is 25.1 Å². The predicted molar refractivity (Wildman–Crippen MR) is 49.1 cm³/mol. The third-order valence-electron chi connectivity index (χ3n) is 1.69. The summed E-state index contributed by atoms with van der Waals surface area (Å²) < 4.78 is 1.06. The van der Waals surface area contributed by atoms with Crippen molar-refractivity contribution in [3.05, 3.63) is 28.7 Å². The molecule has 1 aromatic carbocycles. The van der Waals surface area contributed by atoms with Crippen LogP contribution in [0, 0.1) is 12.3 Å². The summed E-state index contributed by atoms with van der Waals surface area (Å²) in [6.07, 6.45) is 0. The maximum Gasteiger partial charge on any atom is 0.524 e. The molecule has 0 aliphatic heterocycles. The lowest BCUT2D eigenvalue weighted by Gasteiger charge is -1.85. The van der Waals surface area contributed by atoms with Gasteiger partial charge in [-0.25, -0.2) is 0 Å². The van der Waals surface area contributed by atoms with Crippen molar-refractivity contribution in [2.24, 2.45) is 0 Å². The van der Waals surface area contributed by atoms with Crippen molar-refractivity contribution >= 4 is 26.7 Å². The molecule has 0 aliphatic carbocycles. The molecular formula is C8H6ClN3S. The third kappa shape index (κ3) is 1.62. The van der Waals surface area contributed by atoms with Crippen LogP contribution >= 0.6 is 11.3 Å². The van der Waals surface area contributed by atoms with Crippen molar-refractivity contribution in [2.45, 2.75) is 6.92 Å². The number of aromatic nitrogens is 1. The molecule has 0 saturated heterocycles. The fourth-order valence-corrected chi connectivity index (χ4v) is 1.94. The zero-order valence-corrected chi connectivity index (χ0v) is 8.43. The molecule has 1 aromatic heterocycles. The number of hydrogen-bond donors (Lipinski definition) is 0. The maximum absolute atomic E-state index is 8.50. The van der Waals surface area contributed by atoms with Crippen LogP contribution in [0.4, 0.5) is 5.13 Å². The minimum Gasteiger partial charge on any atom is -1.00 e. The van der Waals surface area contributed by atoms with E-state index >= 15 is 0 Å². The fourth-order valence-electron chi connectivity index (χ4n) is 1.12. The van der Waals surface area contributed by atoms with Gasteiger partial charge in [0.15, 0.2) is 5.52 Å². The number of rotatable bonds is 0. The molecule has 2 rings (SSSR count). The summed E-state index contributed by atoms with van der Waals surface area (Å²) in [5.41, 5.74) is 2.04. The van der Waals surface area contributed by atoms with Crippen LogP contribution in [0.5, 0.6) is 0 Å². The van der Waals surface area contributed by atoms with Crippen molar-refractivity contribution in [3.8, 4) is 0 Å². The van der Waals surface area contributed by atoms with E-state index in [0.29, 0.717) is 5.13 Å². The maximum atomic E-state index is 8.50. The Labute approximate surface area is 85.5 Å². The molecule has 0 aliphatic rings. The number of diazo groups is 1. The summed E-state index contributed by atoms with van der Waals surface area (Å²) in [7, 11) is 0. The van der Waals surface area contributed by atoms with E-state index in [2.05, 4.69) is 9.96 Å². The van der Waals surface area contributed by atoms with Crippen LogP contribution in [-0.2, 0) is 0 Å². The summed E-state index contributed by atoms with van der Waals surface area (Å²) in [6, 6.07) is 5.93. The van der Waals surface area contributed by atoms with Crippen LogP contribution in [0.3, 0.4) is 0 Å². The van der Waals surface area contributed by atoms with Gasteiger partial charge in [0.05, 0.1) is 10.1 Å². The molecule has 5 heteroatoms. The molecule has 0 atom stereocenters. The van der Waals surface area contributed by atoms with Gasteiger partial charge in [-0.3, -0.25) is 0 Å². The number of halogens is 1. The lowest BCUT2D eigenvalue weighted by molar-refractivity contribution is -0.00000265. The first-order valence-corrected chi connectivity index (χ1v) is 4.34. The quantitative estimate of drug-likeness (QED) is 0.580. The Hall–Kier alpha value is -1.18. The molecular weight excluding hydrogens is 206 g/mol. The average molecular weight is 212 g/mol. The monoisotopic (exact) mass is 211 g/mol. The van der Waals surface area contributed by atoms with Crippen LogP contribution in [0.1, 0.15) is 5.56 Å². The Morgan fingerprint density at radius 2 is 2.23 bits per heavy atom. The van der Waals surface area contributed by atoms with Gasteiger partial charge in [-0.15, -0.1) is 0 Å². The number of para-hydroxylation sites is 1. The number of thiazole rings is 1. The highest BCUT2D eigenvalue weighted by molar-refractivity contribution is 7.22. The van der Waals surface area contributed by atoms with E-state index in [4.69, 9.17) is 5.39 Å². The average Bonchev–Trinajstić information content (AvgIpc) is 2.49. The second kappa shape index (κ2) is 3.69. The highest BCUT2D eigenvalue weighted by Gasteiger charge is 2.15. The zero-order chi connectivity index (χ0) is 8.55. The van der Waals surface area contributed by atoms with Crippen LogP contribution in [0.25, 0.3) is 15.2 Å². The molecule has 0 saturated carbocycles. The first kappa shape index (κ1) is 9.90. The lowest BCUT2D eigenvalue weighted by atomic mass is 10.2. The lowest BCUT2D eigenvalue weighted by Crippen LogP contribution is -3.00. The van der Waals surface area contributed by atoms with Gasteiger partial charge in [0.25, 0.3) is 0 Å². The molecule has 0 bridgehead atoms.